The first kappa shape index (κ1) is 43.8. The van der Waals surface area contributed by atoms with Gasteiger partial charge >= 0.3 is 0 Å². The van der Waals surface area contributed by atoms with E-state index in [2.05, 4.69) is 238 Å². The highest BCUT2D eigenvalue weighted by molar-refractivity contribution is 6.27. The Kier molecular flexibility index (Phi) is 9.37. The summed E-state index contributed by atoms with van der Waals surface area (Å²) in [5, 5.41) is 35.5. The first-order valence-corrected chi connectivity index (χ1v) is 26.6. The fourth-order valence-corrected chi connectivity index (χ4v) is 13.4. The Morgan fingerprint density at radius 2 is 0.744 bits per heavy atom. The van der Waals surface area contributed by atoms with Crippen LogP contribution in [0.5, 0.6) is 0 Å². The van der Waals surface area contributed by atoms with Gasteiger partial charge in [-0.25, -0.2) is 0 Å². The smallest absolute Gasteiger partial charge is 0.137 e. The summed E-state index contributed by atoms with van der Waals surface area (Å²) in [6, 6.07) is 84.6. The van der Waals surface area contributed by atoms with Gasteiger partial charge in [0.15, 0.2) is 0 Å². The van der Waals surface area contributed by atoms with E-state index in [0.717, 1.165) is 128 Å². The third-order valence-corrected chi connectivity index (χ3v) is 16.4. The summed E-state index contributed by atoms with van der Waals surface area (Å²) in [5.41, 5.74) is 15.6. The molecule has 364 valence electrons. The van der Waals surface area contributed by atoms with Crippen LogP contribution < -0.4 is 0 Å². The summed E-state index contributed by atoms with van der Waals surface area (Å²) in [7, 11) is 0. The van der Waals surface area contributed by atoms with E-state index in [4.69, 9.17) is 4.42 Å². The number of rotatable bonds is 7. The van der Waals surface area contributed by atoms with Crippen LogP contribution in [0.25, 0.3) is 143 Å². The van der Waals surface area contributed by atoms with Crippen molar-refractivity contribution in [3.63, 3.8) is 0 Å². The largest absolute Gasteiger partial charge is 0.456 e. The molecule has 78 heavy (non-hydrogen) atoms. The van der Waals surface area contributed by atoms with Gasteiger partial charge in [0.2, 0.25) is 0 Å². The molecule has 0 fully saturated rings. The maximum atomic E-state index is 12.7. The molecular weight excluding hydrogens is 953 g/mol. The lowest BCUT2D eigenvalue weighted by Gasteiger charge is -2.27. The molecule has 0 bridgehead atoms. The summed E-state index contributed by atoms with van der Waals surface area (Å²) < 4.78 is 16.0. The number of benzene rings is 11. The molecule has 0 radical (unpaired) electrons. The van der Waals surface area contributed by atoms with E-state index in [1.54, 1.807) is 0 Å². The number of aryl methyl sites for hydroxylation is 1. The number of nitriles is 2. The lowest BCUT2D eigenvalue weighted by atomic mass is 9.93. The van der Waals surface area contributed by atoms with Crippen LogP contribution in [0.2, 0.25) is 0 Å². The molecule has 0 spiro atoms. The van der Waals surface area contributed by atoms with Crippen molar-refractivity contribution < 1.29 is 4.42 Å². The predicted molar refractivity (Wildman–Crippen MR) is 320 cm³/mol. The second-order valence-electron chi connectivity index (χ2n) is 20.4. The lowest BCUT2D eigenvalue weighted by Crippen LogP contribution is -2.17. The van der Waals surface area contributed by atoms with Crippen LogP contribution in [-0.2, 0) is 6.42 Å². The molecule has 7 nitrogen and oxygen atoms in total. The van der Waals surface area contributed by atoms with Crippen LogP contribution in [-0.4, -0.2) is 18.3 Å². The lowest BCUT2D eigenvalue weighted by molar-refractivity contribution is 0.669. The number of para-hydroxylation sites is 7. The molecule has 0 amide bonds. The number of fused-ring (bicyclic) bond motifs is 16. The van der Waals surface area contributed by atoms with Crippen LogP contribution in [0, 0.1) is 22.7 Å². The maximum Gasteiger partial charge on any atom is 0.137 e. The summed E-state index contributed by atoms with van der Waals surface area (Å²) in [6.45, 7) is 2.24. The van der Waals surface area contributed by atoms with Crippen molar-refractivity contribution in [3.8, 4) is 46.0 Å². The van der Waals surface area contributed by atoms with Gasteiger partial charge in [-0.05, 0) is 83.8 Å². The molecule has 16 aromatic rings. The van der Waals surface area contributed by atoms with Gasteiger partial charge in [0.05, 0.1) is 72.3 Å². The zero-order valence-corrected chi connectivity index (χ0v) is 42.4. The van der Waals surface area contributed by atoms with Crippen molar-refractivity contribution in [2.45, 2.75) is 19.8 Å². The highest BCUT2D eigenvalue weighted by Gasteiger charge is 2.35. The highest BCUT2D eigenvalue weighted by atomic mass is 16.3. The van der Waals surface area contributed by atoms with Crippen molar-refractivity contribution >= 4 is 109 Å². The summed E-state index contributed by atoms with van der Waals surface area (Å²) >= 11 is 0. The first-order chi connectivity index (χ1) is 38.7. The van der Waals surface area contributed by atoms with Crippen LogP contribution in [0.4, 0.5) is 0 Å². The van der Waals surface area contributed by atoms with Crippen LogP contribution in [0.1, 0.15) is 30.0 Å². The molecule has 0 saturated carbocycles. The normalized spacial score (nSPS) is 12.0. The van der Waals surface area contributed by atoms with Crippen molar-refractivity contribution in [1.29, 1.82) is 10.5 Å². The van der Waals surface area contributed by atoms with Crippen molar-refractivity contribution in [2.75, 3.05) is 0 Å². The van der Waals surface area contributed by atoms with Crippen molar-refractivity contribution in [3.05, 3.63) is 241 Å². The summed E-state index contributed by atoms with van der Waals surface area (Å²) in [5.74, 6) is 0. The maximum absolute atomic E-state index is 12.7. The highest BCUT2D eigenvalue weighted by Crippen LogP contribution is 2.51. The molecule has 11 aromatic carbocycles. The Bertz CT molecular complexity index is 5020. The van der Waals surface area contributed by atoms with E-state index in [-0.39, 0.29) is 0 Å². The second kappa shape index (κ2) is 16.7. The van der Waals surface area contributed by atoms with Gasteiger partial charge in [-0.15, -0.1) is 0 Å². The Hall–Kier alpha value is -10.6. The molecular formula is C71H44N6O. The van der Waals surface area contributed by atoms with Crippen molar-refractivity contribution in [1.82, 2.24) is 18.3 Å². The molecule has 0 atom stereocenters. The minimum absolute atomic E-state index is 0.354. The summed E-state index contributed by atoms with van der Waals surface area (Å²) in [4.78, 5) is 0. The minimum atomic E-state index is 0.354. The average molecular weight is 997 g/mol. The standard InChI is InChI=1S/C71H44N6O/c1-2-20-43-21-3-4-22-44(43)51-30-19-37-62-65(51)53-39-40-64-66(52-29-11-18-38-63(52)78-64)68(53)77(62)71-69(75-58-33-14-7-25-47(58)48-26-8-15-34-59(48)75)54(41-72)67(74-56-31-12-5-23-45(56)46-24-6-13-32-57(46)74)55(42-73)70(71)76-60-35-16-9-27-49(60)50-28-10-17-36-61(50)76/h3-19,21-40H,2,20H2,1H3. The van der Waals surface area contributed by atoms with E-state index < -0.39 is 0 Å². The average Bonchev–Trinajstić information content (AvgIpc) is 4.03. The zero-order chi connectivity index (χ0) is 51.8. The first-order valence-electron chi connectivity index (χ1n) is 26.6. The molecule has 16 rings (SSSR count). The van der Waals surface area contributed by atoms with Gasteiger partial charge < -0.3 is 22.7 Å². The fourth-order valence-electron chi connectivity index (χ4n) is 13.4. The van der Waals surface area contributed by atoms with E-state index in [1.165, 1.54) is 11.1 Å². The molecule has 7 heteroatoms. The van der Waals surface area contributed by atoms with Gasteiger partial charge in [0, 0.05) is 48.5 Å². The van der Waals surface area contributed by atoms with Gasteiger partial charge in [-0.1, -0.05) is 177 Å². The molecule has 5 heterocycles. The molecule has 5 aromatic heterocycles. The Morgan fingerprint density at radius 3 is 1.23 bits per heavy atom. The quantitative estimate of drug-likeness (QED) is 0.160. The number of furan rings is 1. The van der Waals surface area contributed by atoms with Crippen LogP contribution in [0.15, 0.2) is 229 Å². The SMILES string of the molecule is CCCc1ccccc1-c1cccc2c1c1ccc3oc4ccccc4c3c1n2-c1c(-n2c3ccccc3c3ccccc32)c(C#N)c(-n2c3ccccc3c3ccccc32)c(C#N)c1-n1c2ccccc2c2ccccc21. The monoisotopic (exact) mass is 996 g/mol. The van der Waals surface area contributed by atoms with E-state index in [9.17, 15) is 10.5 Å². The number of hydrogen-bond acceptors (Lipinski definition) is 3. The third kappa shape index (κ3) is 5.85. The van der Waals surface area contributed by atoms with Crippen molar-refractivity contribution in [2.24, 2.45) is 0 Å². The van der Waals surface area contributed by atoms with Crippen LogP contribution in [0.3, 0.4) is 0 Å². The van der Waals surface area contributed by atoms with Crippen LogP contribution >= 0.6 is 0 Å². The Morgan fingerprint density at radius 1 is 0.333 bits per heavy atom. The second-order valence-corrected chi connectivity index (χ2v) is 20.4. The third-order valence-electron chi connectivity index (χ3n) is 16.4. The van der Waals surface area contributed by atoms with E-state index in [1.807, 2.05) is 24.3 Å². The number of aromatic nitrogens is 4. The van der Waals surface area contributed by atoms with E-state index >= 15 is 0 Å². The van der Waals surface area contributed by atoms with Gasteiger partial charge in [-0.2, -0.15) is 10.5 Å². The van der Waals surface area contributed by atoms with Gasteiger partial charge in [0.25, 0.3) is 0 Å². The summed E-state index contributed by atoms with van der Waals surface area (Å²) in [6.07, 6.45) is 1.91. The molecule has 0 aliphatic carbocycles. The topological polar surface area (TPSA) is 80.4 Å². The fraction of sp³-hybridized carbons (Fsp3) is 0.0423. The molecule has 0 aliphatic heterocycles. The molecule has 0 unspecified atom stereocenters. The number of hydrogen-bond donors (Lipinski definition) is 0. The molecule has 0 aliphatic rings. The predicted octanol–water partition coefficient (Wildman–Crippen LogP) is 18.3. The molecule has 0 N–H and O–H groups in total. The zero-order valence-electron chi connectivity index (χ0n) is 42.4. The van der Waals surface area contributed by atoms with Gasteiger partial charge in [0.1, 0.15) is 34.4 Å². The Labute approximate surface area is 447 Å². The Balaban J connectivity index is 1.26. The number of nitrogens with zero attached hydrogens (tertiary/aromatic N) is 6. The van der Waals surface area contributed by atoms with Gasteiger partial charge in [-0.3, -0.25) is 0 Å². The minimum Gasteiger partial charge on any atom is -0.456 e. The molecule has 0 saturated heterocycles. The van der Waals surface area contributed by atoms with E-state index in [0.29, 0.717) is 33.9 Å².